The molecule has 0 aliphatic carbocycles. The highest BCUT2D eigenvalue weighted by Crippen LogP contribution is 2.23. The summed E-state index contributed by atoms with van der Waals surface area (Å²) >= 11 is 0. The van der Waals surface area contributed by atoms with Crippen LogP contribution in [0.15, 0.2) is 53.4 Å². The predicted octanol–water partition coefficient (Wildman–Crippen LogP) is 2.52. The Labute approximate surface area is 181 Å². The van der Waals surface area contributed by atoms with Gasteiger partial charge in [0.1, 0.15) is 0 Å². The van der Waals surface area contributed by atoms with Crippen molar-refractivity contribution in [1.29, 1.82) is 0 Å². The van der Waals surface area contributed by atoms with Crippen molar-refractivity contribution in [2.75, 3.05) is 29.9 Å². The van der Waals surface area contributed by atoms with E-state index in [9.17, 15) is 18.0 Å². The number of amides is 2. The summed E-state index contributed by atoms with van der Waals surface area (Å²) in [6.07, 6.45) is 3.05. The van der Waals surface area contributed by atoms with Crippen LogP contribution in [0.3, 0.4) is 0 Å². The number of benzene rings is 2. The van der Waals surface area contributed by atoms with Gasteiger partial charge >= 0.3 is 0 Å². The highest BCUT2D eigenvalue weighted by molar-refractivity contribution is 7.89. The average Bonchev–Trinajstić information content (AvgIpc) is 3.45. The van der Waals surface area contributed by atoms with E-state index < -0.39 is 15.9 Å². The molecular formula is C22H25N3O5S. The van der Waals surface area contributed by atoms with Crippen molar-refractivity contribution in [3.05, 3.63) is 54.1 Å². The third-order valence-electron chi connectivity index (χ3n) is 5.44. The zero-order valence-corrected chi connectivity index (χ0v) is 17.9. The van der Waals surface area contributed by atoms with E-state index in [0.29, 0.717) is 25.3 Å². The van der Waals surface area contributed by atoms with Crippen LogP contribution >= 0.6 is 0 Å². The standard InChI is InChI=1S/C22H25N3O5S/c26-21-7-2-12-25(21)18-10-8-17(9-11-18)24-22(27)16-4-1-6-20(14-16)31(28,29)23-15-19-5-3-13-30-19/h1,4,6,8-11,14,19,23H,2-3,5,7,12-13,15H2,(H,24,27)/t19-/m1/s1. The summed E-state index contributed by atoms with van der Waals surface area (Å²) in [5.41, 5.74) is 1.59. The first kappa shape index (κ1) is 21.5. The highest BCUT2D eigenvalue weighted by atomic mass is 32.2. The number of hydrogen-bond acceptors (Lipinski definition) is 5. The van der Waals surface area contributed by atoms with Gasteiger partial charge in [-0.1, -0.05) is 6.07 Å². The largest absolute Gasteiger partial charge is 0.377 e. The van der Waals surface area contributed by atoms with Crippen LogP contribution in [0.5, 0.6) is 0 Å². The fourth-order valence-corrected chi connectivity index (χ4v) is 4.86. The molecule has 2 aromatic rings. The molecule has 164 valence electrons. The second kappa shape index (κ2) is 9.17. The zero-order chi connectivity index (χ0) is 21.8. The Balaban J connectivity index is 1.41. The summed E-state index contributed by atoms with van der Waals surface area (Å²) < 4.78 is 33.2. The Morgan fingerprint density at radius 2 is 1.94 bits per heavy atom. The molecule has 1 atom stereocenters. The van der Waals surface area contributed by atoms with E-state index in [1.807, 2.05) is 0 Å². The number of nitrogens with zero attached hydrogens (tertiary/aromatic N) is 1. The molecule has 9 heteroatoms. The molecule has 2 aromatic carbocycles. The Bertz CT molecular complexity index is 1060. The van der Waals surface area contributed by atoms with Gasteiger partial charge in [0, 0.05) is 43.1 Å². The molecule has 2 saturated heterocycles. The maximum atomic E-state index is 12.6. The van der Waals surface area contributed by atoms with E-state index >= 15 is 0 Å². The Hall–Kier alpha value is -2.75. The second-order valence-corrected chi connectivity index (χ2v) is 9.43. The van der Waals surface area contributed by atoms with Gasteiger partial charge in [0.2, 0.25) is 15.9 Å². The van der Waals surface area contributed by atoms with Crippen LogP contribution in [0.25, 0.3) is 0 Å². The van der Waals surface area contributed by atoms with E-state index in [2.05, 4.69) is 10.0 Å². The maximum absolute atomic E-state index is 12.6. The average molecular weight is 444 g/mol. The topological polar surface area (TPSA) is 105 Å². The normalized spacial score (nSPS) is 19.0. The van der Waals surface area contributed by atoms with E-state index in [1.54, 1.807) is 35.2 Å². The van der Waals surface area contributed by atoms with Crippen molar-refractivity contribution in [3.8, 4) is 0 Å². The minimum absolute atomic E-state index is 0.0287. The van der Waals surface area contributed by atoms with Gasteiger partial charge in [0.05, 0.1) is 11.0 Å². The number of hydrogen-bond donors (Lipinski definition) is 2. The molecule has 4 rings (SSSR count). The molecule has 8 nitrogen and oxygen atoms in total. The lowest BCUT2D eigenvalue weighted by Crippen LogP contribution is -2.32. The van der Waals surface area contributed by atoms with Crippen molar-refractivity contribution in [3.63, 3.8) is 0 Å². The fraction of sp³-hybridized carbons (Fsp3) is 0.364. The predicted molar refractivity (Wildman–Crippen MR) is 117 cm³/mol. The Morgan fingerprint density at radius 1 is 1.13 bits per heavy atom. The van der Waals surface area contributed by atoms with Crippen molar-refractivity contribution < 1.29 is 22.7 Å². The molecule has 2 N–H and O–H groups in total. The van der Waals surface area contributed by atoms with Gasteiger partial charge in [-0.25, -0.2) is 13.1 Å². The number of carbonyl (C=O) groups is 2. The van der Waals surface area contributed by atoms with Gasteiger partial charge in [0.25, 0.3) is 5.91 Å². The van der Waals surface area contributed by atoms with E-state index in [0.717, 1.165) is 24.9 Å². The summed E-state index contributed by atoms with van der Waals surface area (Å²) in [5, 5.41) is 2.77. The van der Waals surface area contributed by atoms with Crippen LogP contribution in [0.1, 0.15) is 36.0 Å². The third kappa shape index (κ3) is 5.12. The molecule has 2 heterocycles. The fourth-order valence-electron chi connectivity index (χ4n) is 3.74. The lowest BCUT2D eigenvalue weighted by atomic mass is 10.2. The van der Waals surface area contributed by atoms with Crippen molar-refractivity contribution in [2.24, 2.45) is 0 Å². The molecule has 0 unspecified atom stereocenters. The summed E-state index contributed by atoms with van der Waals surface area (Å²) in [5.74, 6) is -0.316. The minimum Gasteiger partial charge on any atom is -0.377 e. The highest BCUT2D eigenvalue weighted by Gasteiger charge is 2.22. The molecule has 0 bridgehead atoms. The lowest BCUT2D eigenvalue weighted by molar-refractivity contribution is -0.117. The Kier molecular flexibility index (Phi) is 6.35. The number of carbonyl (C=O) groups excluding carboxylic acids is 2. The van der Waals surface area contributed by atoms with Crippen LogP contribution in [0.4, 0.5) is 11.4 Å². The first-order valence-electron chi connectivity index (χ1n) is 10.4. The molecule has 2 fully saturated rings. The van der Waals surface area contributed by atoms with Gasteiger partial charge in [0.15, 0.2) is 0 Å². The summed E-state index contributed by atoms with van der Waals surface area (Å²) in [7, 11) is -3.74. The van der Waals surface area contributed by atoms with Gasteiger partial charge in [-0.3, -0.25) is 9.59 Å². The molecule has 2 amide bonds. The number of anilines is 2. The van der Waals surface area contributed by atoms with Crippen LogP contribution in [0, 0.1) is 0 Å². The maximum Gasteiger partial charge on any atom is 0.255 e. The summed E-state index contributed by atoms with van der Waals surface area (Å²) in [6, 6.07) is 12.9. The van der Waals surface area contributed by atoms with Crippen LogP contribution in [0.2, 0.25) is 0 Å². The molecule has 0 aromatic heterocycles. The Morgan fingerprint density at radius 3 is 2.61 bits per heavy atom. The third-order valence-corrected chi connectivity index (χ3v) is 6.86. The number of rotatable bonds is 7. The van der Waals surface area contributed by atoms with Crippen molar-refractivity contribution in [2.45, 2.75) is 36.7 Å². The summed E-state index contributed by atoms with van der Waals surface area (Å²) in [6.45, 7) is 1.56. The molecular weight excluding hydrogens is 418 g/mol. The monoisotopic (exact) mass is 443 g/mol. The van der Waals surface area contributed by atoms with E-state index in [4.69, 9.17) is 4.74 Å². The zero-order valence-electron chi connectivity index (χ0n) is 17.0. The summed E-state index contributed by atoms with van der Waals surface area (Å²) in [4.78, 5) is 26.2. The lowest BCUT2D eigenvalue weighted by Gasteiger charge is -2.16. The van der Waals surface area contributed by atoms with Crippen molar-refractivity contribution in [1.82, 2.24) is 4.72 Å². The second-order valence-electron chi connectivity index (χ2n) is 7.66. The van der Waals surface area contributed by atoms with Crippen molar-refractivity contribution >= 4 is 33.2 Å². The van der Waals surface area contributed by atoms with E-state index in [-0.39, 0.29) is 29.0 Å². The molecule has 2 aliphatic rings. The van der Waals surface area contributed by atoms with Gasteiger partial charge in [-0.2, -0.15) is 0 Å². The van der Waals surface area contributed by atoms with Gasteiger partial charge < -0.3 is 15.0 Å². The SMILES string of the molecule is O=C(Nc1ccc(N2CCCC2=O)cc1)c1cccc(S(=O)(=O)NC[C@H]2CCCO2)c1. The molecule has 2 aliphatic heterocycles. The number of nitrogens with one attached hydrogen (secondary N) is 2. The first-order valence-corrected chi connectivity index (χ1v) is 11.8. The van der Waals surface area contributed by atoms with Crippen LogP contribution < -0.4 is 14.9 Å². The van der Waals surface area contributed by atoms with E-state index in [1.165, 1.54) is 18.2 Å². The minimum atomic E-state index is -3.74. The first-order chi connectivity index (χ1) is 14.9. The van der Waals surface area contributed by atoms with Crippen LogP contribution in [-0.4, -0.2) is 46.0 Å². The van der Waals surface area contributed by atoms with Gasteiger partial charge in [-0.15, -0.1) is 0 Å². The smallest absolute Gasteiger partial charge is 0.255 e. The molecule has 0 spiro atoms. The molecule has 0 saturated carbocycles. The van der Waals surface area contributed by atoms with Gasteiger partial charge in [-0.05, 0) is 61.7 Å². The number of sulfonamides is 1. The number of ether oxygens (including phenoxy) is 1. The quantitative estimate of drug-likeness (QED) is 0.684. The van der Waals surface area contributed by atoms with Crippen LogP contribution in [-0.2, 0) is 19.6 Å². The molecule has 0 radical (unpaired) electrons. The molecule has 31 heavy (non-hydrogen) atoms.